The molecule has 0 radical (unpaired) electrons. The third-order valence-corrected chi connectivity index (χ3v) is 3.75. The first kappa shape index (κ1) is 12.9. The Morgan fingerprint density at radius 3 is 2.39 bits per heavy atom. The molecule has 0 atom stereocenters. The molecule has 1 aromatic carbocycles. The molecule has 18 heavy (non-hydrogen) atoms. The summed E-state index contributed by atoms with van der Waals surface area (Å²) >= 11 is 0. The lowest BCUT2D eigenvalue weighted by molar-refractivity contribution is 0.0742. The summed E-state index contributed by atoms with van der Waals surface area (Å²) in [6, 6.07) is 5.59. The average Bonchev–Trinajstić information content (AvgIpc) is 2.31. The Hall–Kier alpha value is -1.51. The van der Waals surface area contributed by atoms with Crippen LogP contribution in [0.15, 0.2) is 18.2 Å². The minimum Gasteiger partial charge on any atom is -0.398 e. The smallest absolute Gasteiger partial charge is 0.254 e. The Morgan fingerprint density at radius 2 is 1.72 bits per heavy atom. The van der Waals surface area contributed by atoms with Gasteiger partial charge in [-0.1, -0.05) is 25.3 Å². The molecule has 3 nitrogen and oxygen atoms in total. The highest BCUT2D eigenvalue weighted by Gasteiger charge is 2.18. The zero-order valence-electron chi connectivity index (χ0n) is 11.1. The van der Waals surface area contributed by atoms with Crippen molar-refractivity contribution in [3.05, 3.63) is 29.3 Å². The molecule has 0 aromatic heterocycles. The van der Waals surface area contributed by atoms with E-state index in [0.717, 1.165) is 37.1 Å². The van der Waals surface area contributed by atoms with Gasteiger partial charge >= 0.3 is 0 Å². The molecule has 0 bridgehead atoms. The van der Waals surface area contributed by atoms with Crippen LogP contribution in [0.25, 0.3) is 0 Å². The van der Waals surface area contributed by atoms with E-state index in [2.05, 4.69) is 0 Å². The van der Waals surface area contributed by atoms with Gasteiger partial charge in [-0.15, -0.1) is 0 Å². The maximum absolute atomic E-state index is 12.5. The largest absolute Gasteiger partial charge is 0.398 e. The van der Waals surface area contributed by atoms with Crippen LogP contribution in [0.5, 0.6) is 0 Å². The fourth-order valence-electron chi connectivity index (χ4n) is 2.51. The second-order valence-corrected chi connectivity index (χ2v) is 5.08. The molecule has 0 saturated carbocycles. The van der Waals surface area contributed by atoms with E-state index in [1.807, 2.05) is 30.0 Å². The SMILES string of the molecule is Cc1c(N)cccc1C(=O)N1CCCCCCC1. The van der Waals surface area contributed by atoms with Crippen molar-refractivity contribution >= 4 is 11.6 Å². The number of benzene rings is 1. The van der Waals surface area contributed by atoms with Crippen molar-refractivity contribution in [2.75, 3.05) is 18.8 Å². The second-order valence-electron chi connectivity index (χ2n) is 5.08. The summed E-state index contributed by atoms with van der Waals surface area (Å²) in [5.74, 6) is 0.140. The van der Waals surface area contributed by atoms with E-state index < -0.39 is 0 Å². The molecular weight excluding hydrogens is 224 g/mol. The van der Waals surface area contributed by atoms with Gasteiger partial charge in [-0.3, -0.25) is 4.79 Å². The normalized spacial score (nSPS) is 17.1. The molecule has 1 aliphatic heterocycles. The van der Waals surface area contributed by atoms with Crippen molar-refractivity contribution in [3.63, 3.8) is 0 Å². The van der Waals surface area contributed by atoms with Gasteiger partial charge in [-0.2, -0.15) is 0 Å². The van der Waals surface area contributed by atoms with E-state index in [0.29, 0.717) is 5.69 Å². The van der Waals surface area contributed by atoms with Gasteiger partial charge in [-0.25, -0.2) is 0 Å². The number of carbonyl (C=O) groups excluding carboxylic acids is 1. The van der Waals surface area contributed by atoms with Crippen molar-refractivity contribution in [2.45, 2.75) is 39.0 Å². The summed E-state index contributed by atoms with van der Waals surface area (Å²) in [7, 11) is 0. The summed E-state index contributed by atoms with van der Waals surface area (Å²) < 4.78 is 0. The molecule has 1 heterocycles. The van der Waals surface area contributed by atoms with Crippen LogP contribution in [-0.4, -0.2) is 23.9 Å². The minimum absolute atomic E-state index is 0.140. The van der Waals surface area contributed by atoms with E-state index >= 15 is 0 Å². The highest BCUT2D eigenvalue weighted by atomic mass is 16.2. The van der Waals surface area contributed by atoms with Gasteiger partial charge < -0.3 is 10.6 Å². The van der Waals surface area contributed by atoms with Crippen LogP contribution < -0.4 is 5.73 Å². The highest BCUT2D eigenvalue weighted by molar-refractivity contribution is 5.96. The maximum atomic E-state index is 12.5. The fraction of sp³-hybridized carbons (Fsp3) is 0.533. The Balaban J connectivity index is 2.16. The van der Waals surface area contributed by atoms with Crippen LogP contribution in [0.4, 0.5) is 5.69 Å². The predicted octanol–water partition coefficient (Wildman–Crippen LogP) is 2.98. The molecule has 1 saturated heterocycles. The molecule has 0 aliphatic carbocycles. The van der Waals surface area contributed by atoms with Crippen LogP contribution in [0.1, 0.15) is 48.0 Å². The first-order valence-corrected chi connectivity index (χ1v) is 6.84. The summed E-state index contributed by atoms with van der Waals surface area (Å²) in [5.41, 5.74) is 8.24. The topological polar surface area (TPSA) is 46.3 Å². The minimum atomic E-state index is 0.140. The number of nitrogen functional groups attached to an aromatic ring is 1. The monoisotopic (exact) mass is 246 g/mol. The van der Waals surface area contributed by atoms with Crippen molar-refractivity contribution in [2.24, 2.45) is 0 Å². The van der Waals surface area contributed by atoms with Crippen LogP contribution in [0, 0.1) is 6.92 Å². The molecule has 1 aromatic rings. The van der Waals surface area contributed by atoms with Gasteiger partial charge in [0.15, 0.2) is 0 Å². The average molecular weight is 246 g/mol. The number of anilines is 1. The Morgan fingerprint density at radius 1 is 1.11 bits per heavy atom. The van der Waals surface area contributed by atoms with Crippen molar-refractivity contribution in [3.8, 4) is 0 Å². The quantitative estimate of drug-likeness (QED) is 0.774. The van der Waals surface area contributed by atoms with Gasteiger partial charge in [0.05, 0.1) is 0 Å². The highest BCUT2D eigenvalue weighted by Crippen LogP contribution is 2.19. The van der Waals surface area contributed by atoms with Gasteiger partial charge in [0.25, 0.3) is 5.91 Å². The van der Waals surface area contributed by atoms with Crippen molar-refractivity contribution in [1.82, 2.24) is 4.90 Å². The van der Waals surface area contributed by atoms with Crippen LogP contribution >= 0.6 is 0 Å². The molecule has 98 valence electrons. The first-order chi connectivity index (χ1) is 8.70. The third-order valence-electron chi connectivity index (χ3n) is 3.75. The lowest BCUT2D eigenvalue weighted by Gasteiger charge is -2.25. The summed E-state index contributed by atoms with van der Waals surface area (Å²) in [6.45, 7) is 3.69. The Bertz CT molecular complexity index is 421. The van der Waals surface area contributed by atoms with E-state index in [1.54, 1.807) is 0 Å². The van der Waals surface area contributed by atoms with E-state index in [9.17, 15) is 4.79 Å². The Labute approximate surface area is 109 Å². The van der Waals surface area contributed by atoms with Crippen LogP contribution in [-0.2, 0) is 0 Å². The lowest BCUT2D eigenvalue weighted by atomic mass is 10.0. The van der Waals surface area contributed by atoms with Crippen LogP contribution in [0.3, 0.4) is 0 Å². The number of likely N-dealkylation sites (tertiary alicyclic amines) is 1. The molecule has 2 rings (SSSR count). The fourth-order valence-corrected chi connectivity index (χ4v) is 2.51. The number of nitrogens with two attached hydrogens (primary N) is 1. The van der Waals surface area contributed by atoms with Crippen molar-refractivity contribution in [1.29, 1.82) is 0 Å². The first-order valence-electron chi connectivity index (χ1n) is 6.84. The van der Waals surface area contributed by atoms with E-state index in [-0.39, 0.29) is 5.91 Å². The van der Waals surface area contributed by atoms with Gasteiger partial charge in [0.1, 0.15) is 0 Å². The summed E-state index contributed by atoms with van der Waals surface area (Å²) in [4.78, 5) is 14.5. The zero-order valence-corrected chi connectivity index (χ0v) is 11.1. The summed E-state index contributed by atoms with van der Waals surface area (Å²) in [6.07, 6.45) is 6.01. The molecule has 1 fully saturated rings. The van der Waals surface area contributed by atoms with Gasteiger partial charge in [0, 0.05) is 24.3 Å². The molecule has 0 spiro atoms. The van der Waals surface area contributed by atoms with Crippen molar-refractivity contribution < 1.29 is 4.79 Å². The lowest BCUT2D eigenvalue weighted by Crippen LogP contribution is -2.34. The van der Waals surface area contributed by atoms with Gasteiger partial charge in [0.2, 0.25) is 0 Å². The molecule has 1 aliphatic rings. The number of nitrogens with zero attached hydrogens (tertiary/aromatic N) is 1. The molecule has 1 amide bonds. The number of hydrogen-bond acceptors (Lipinski definition) is 2. The zero-order chi connectivity index (χ0) is 13.0. The predicted molar refractivity (Wildman–Crippen MR) is 74.6 cm³/mol. The number of carbonyl (C=O) groups is 1. The second kappa shape index (κ2) is 5.89. The molecule has 0 unspecified atom stereocenters. The molecule has 3 heteroatoms. The number of rotatable bonds is 1. The maximum Gasteiger partial charge on any atom is 0.254 e. The van der Waals surface area contributed by atoms with Gasteiger partial charge in [-0.05, 0) is 37.5 Å². The number of amides is 1. The molecular formula is C15H22N2O. The third kappa shape index (κ3) is 2.84. The molecule has 2 N–H and O–H groups in total. The standard InChI is InChI=1S/C15H22N2O/c1-12-13(8-7-9-14(12)16)15(18)17-10-5-3-2-4-6-11-17/h7-9H,2-6,10-11,16H2,1H3. The summed E-state index contributed by atoms with van der Waals surface area (Å²) in [5, 5.41) is 0. The Kier molecular flexibility index (Phi) is 4.24. The van der Waals surface area contributed by atoms with E-state index in [4.69, 9.17) is 5.73 Å². The van der Waals surface area contributed by atoms with E-state index in [1.165, 1.54) is 19.3 Å². The number of hydrogen-bond donors (Lipinski definition) is 1. The van der Waals surface area contributed by atoms with Crippen LogP contribution in [0.2, 0.25) is 0 Å².